The number of nitrogens with one attached hydrogen (secondary N) is 1. The quantitative estimate of drug-likeness (QED) is 0.699. The minimum Gasteiger partial charge on any atom is -0.330 e. The highest BCUT2D eigenvalue weighted by Crippen LogP contribution is 2.10. The van der Waals surface area contributed by atoms with E-state index in [-0.39, 0.29) is 0 Å². The maximum absolute atomic E-state index is 5.41. The summed E-state index contributed by atoms with van der Waals surface area (Å²) in [5.41, 5.74) is 6.18. The summed E-state index contributed by atoms with van der Waals surface area (Å²) in [7, 11) is 1.86. The van der Waals surface area contributed by atoms with Crippen molar-refractivity contribution in [2.24, 2.45) is 12.8 Å². The lowest BCUT2D eigenvalue weighted by molar-refractivity contribution is 0.769. The largest absolute Gasteiger partial charge is 0.330 e. The Hall–Kier alpha value is -1.69. The van der Waals surface area contributed by atoms with Gasteiger partial charge in [0.05, 0.1) is 0 Å². The van der Waals surface area contributed by atoms with Crippen molar-refractivity contribution in [3.05, 3.63) is 18.1 Å². The Balaban J connectivity index is 2.24. The molecule has 0 radical (unpaired) electrons. The molecule has 14 heavy (non-hydrogen) atoms. The average Bonchev–Trinajstić information content (AvgIpc) is 2.74. The molecule has 0 saturated heterocycles. The van der Waals surface area contributed by atoms with Crippen LogP contribution in [0.25, 0.3) is 11.5 Å². The first-order valence-corrected chi connectivity index (χ1v) is 4.41. The van der Waals surface area contributed by atoms with Gasteiger partial charge in [-0.2, -0.15) is 10.2 Å². The predicted octanol–water partition coefficient (Wildman–Crippen LogP) is -0.294. The van der Waals surface area contributed by atoms with Crippen molar-refractivity contribution in [1.82, 2.24) is 25.0 Å². The highest BCUT2D eigenvalue weighted by molar-refractivity contribution is 5.47. The van der Waals surface area contributed by atoms with Gasteiger partial charge in [0.15, 0.2) is 0 Å². The van der Waals surface area contributed by atoms with E-state index in [4.69, 9.17) is 5.73 Å². The Morgan fingerprint density at radius 2 is 2.43 bits per heavy atom. The Bertz CT molecular complexity index is 415. The highest BCUT2D eigenvalue weighted by Gasteiger charge is 2.07. The molecule has 0 aliphatic heterocycles. The van der Waals surface area contributed by atoms with Gasteiger partial charge < -0.3 is 5.73 Å². The number of nitrogens with two attached hydrogens (primary N) is 1. The first-order chi connectivity index (χ1) is 6.79. The van der Waals surface area contributed by atoms with Gasteiger partial charge in [-0.25, -0.2) is 4.98 Å². The van der Waals surface area contributed by atoms with Crippen LogP contribution in [0.2, 0.25) is 0 Å². The second-order valence-electron chi connectivity index (χ2n) is 3.02. The molecule has 0 spiro atoms. The standard InChI is InChI=1S/C8H12N6/c1-14-5-3-6(13-14)8-10-7(2-4-9)11-12-8/h3,5H,2,4,9H2,1H3,(H,10,11,12). The first kappa shape index (κ1) is 8.89. The minimum atomic E-state index is 0.566. The van der Waals surface area contributed by atoms with Crippen molar-refractivity contribution in [3.63, 3.8) is 0 Å². The second kappa shape index (κ2) is 3.59. The molecule has 6 nitrogen and oxygen atoms in total. The van der Waals surface area contributed by atoms with Gasteiger partial charge in [0, 0.05) is 19.7 Å². The van der Waals surface area contributed by atoms with Crippen LogP contribution in [0.3, 0.4) is 0 Å². The van der Waals surface area contributed by atoms with Crippen LogP contribution in [0, 0.1) is 0 Å². The summed E-state index contributed by atoms with van der Waals surface area (Å²) in [6, 6.07) is 1.87. The summed E-state index contributed by atoms with van der Waals surface area (Å²) in [5.74, 6) is 1.42. The van der Waals surface area contributed by atoms with Crippen molar-refractivity contribution in [2.45, 2.75) is 6.42 Å². The Morgan fingerprint density at radius 3 is 3.07 bits per heavy atom. The third kappa shape index (κ3) is 1.64. The summed E-state index contributed by atoms with van der Waals surface area (Å²) in [5, 5.41) is 11.1. The maximum Gasteiger partial charge on any atom is 0.201 e. The van der Waals surface area contributed by atoms with Crippen molar-refractivity contribution < 1.29 is 0 Å². The molecule has 0 bridgehead atoms. The molecular weight excluding hydrogens is 180 g/mol. The number of aromatic amines is 1. The molecule has 6 heteroatoms. The van der Waals surface area contributed by atoms with Gasteiger partial charge in [0.25, 0.3) is 0 Å². The van der Waals surface area contributed by atoms with Crippen molar-refractivity contribution >= 4 is 0 Å². The molecule has 0 aliphatic carbocycles. The van der Waals surface area contributed by atoms with E-state index in [1.165, 1.54) is 0 Å². The van der Waals surface area contributed by atoms with E-state index >= 15 is 0 Å². The molecule has 0 amide bonds. The number of H-pyrrole nitrogens is 1. The van der Waals surface area contributed by atoms with Gasteiger partial charge in [-0.3, -0.25) is 9.78 Å². The molecule has 0 aliphatic rings. The van der Waals surface area contributed by atoms with E-state index in [0.717, 1.165) is 11.5 Å². The summed E-state index contributed by atoms with van der Waals surface area (Å²) >= 11 is 0. The lowest BCUT2D eigenvalue weighted by Crippen LogP contribution is -2.03. The molecule has 74 valence electrons. The van der Waals surface area contributed by atoms with E-state index in [1.807, 2.05) is 19.3 Å². The zero-order valence-corrected chi connectivity index (χ0v) is 7.94. The van der Waals surface area contributed by atoms with Crippen molar-refractivity contribution in [2.75, 3.05) is 6.54 Å². The summed E-state index contributed by atoms with van der Waals surface area (Å²) < 4.78 is 1.72. The Kier molecular flexibility index (Phi) is 2.28. The second-order valence-corrected chi connectivity index (χ2v) is 3.02. The zero-order chi connectivity index (χ0) is 9.97. The first-order valence-electron chi connectivity index (χ1n) is 4.41. The highest BCUT2D eigenvalue weighted by atomic mass is 15.3. The third-order valence-corrected chi connectivity index (χ3v) is 1.86. The number of hydrogen-bond acceptors (Lipinski definition) is 4. The van der Waals surface area contributed by atoms with E-state index in [9.17, 15) is 0 Å². The van der Waals surface area contributed by atoms with E-state index in [2.05, 4.69) is 20.3 Å². The van der Waals surface area contributed by atoms with Crippen LogP contribution in [-0.2, 0) is 13.5 Å². The van der Waals surface area contributed by atoms with Crippen LogP contribution in [0.1, 0.15) is 5.82 Å². The van der Waals surface area contributed by atoms with Crippen LogP contribution in [0.4, 0.5) is 0 Å². The van der Waals surface area contributed by atoms with Gasteiger partial charge in [0.1, 0.15) is 11.5 Å². The molecule has 2 heterocycles. The van der Waals surface area contributed by atoms with Crippen LogP contribution in [-0.4, -0.2) is 31.5 Å². The predicted molar refractivity (Wildman–Crippen MR) is 51.3 cm³/mol. The SMILES string of the molecule is Cn1ccc(-c2n[nH]c(CCN)n2)n1. The van der Waals surface area contributed by atoms with Crippen LogP contribution in [0.5, 0.6) is 0 Å². The number of aryl methyl sites for hydroxylation is 1. The van der Waals surface area contributed by atoms with Crippen LogP contribution >= 0.6 is 0 Å². The normalized spacial score (nSPS) is 10.7. The van der Waals surface area contributed by atoms with Gasteiger partial charge in [-0.05, 0) is 12.6 Å². The van der Waals surface area contributed by atoms with E-state index in [0.29, 0.717) is 18.8 Å². The fourth-order valence-electron chi connectivity index (χ4n) is 1.19. The van der Waals surface area contributed by atoms with Gasteiger partial charge in [-0.1, -0.05) is 0 Å². The fraction of sp³-hybridized carbons (Fsp3) is 0.375. The molecule has 0 atom stereocenters. The molecule has 2 aromatic rings. The fourth-order valence-corrected chi connectivity index (χ4v) is 1.19. The number of rotatable bonds is 3. The Labute approximate surface area is 81.1 Å². The van der Waals surface area contributed by atoms with E-state index < -0.39 is 0 Å². The zero-order valence-electron chi connectivity index (χ0n) is 7.94. The van der Waals surface area contributed by atoms with Crippen molar-refractivity contribution in [3.8, 4) is 11.5 Å². The van der Waals surface area contributed by atoms with Crippen molar-refractivity contribution in [1.29, 1.82) is 0 Å². The monoisotopic (exact) mass is 192 g/mol. The number of nitrogens with zero attached hydrogens (tertiary/aromatic N) is 4. The molecule has 0 saturated carbocycles. The third-order valence-electron chi connectivity index (χ3n) is 1.86. The van der Waals surface area contributed by atoms with Crippen LogP contribution < -0.4 is 5.73 Å². The van der Waals surface area contributed by atoms with Gasteiger partial charge in [0.2, 0.25) is 5.82 Å². The smallest absolute Gasteiger partial charge is 0.201 e. The van der Waals surface area contributed by atoms with E-state index in [1.54, 1.807) is 4.68 Å². The van der Waals surface area contributed by atoms with Gasteiger partial charge in [-0.15, -0.1) is 0 Å². The maximum atomic E-state index is 5.41. The summed E-state index contributed by atoms with van der Waals surface area (Å²) in [4.78, 5) is 4.26. The number of aromatic nitrogens is 5. The average molecular weight is 192 g/mol. The summed E-state index contributed by atoms with van der Waals surface area (Å²) in [6.45, 7) is 0.566. The molecule has 0 aromatic carbocycles. The van der Waals surface area contributed by atoms with Gasteiger partial charge >= 0.3 is 0 Å². The Morgan fingerprint density at radius 1 is 1.57 bits per heavy atom. The molecule has 0 unspecified atom stereocenters. The molecule has 2 aromatic heterocycles. The minimum absolute atomic E-state index is 0.566. The number of hydrogen-bond donors (Lipinski definition) is 2. The summed E-state index contributed by atoms with van der Waals surface area (Å²) in [6.07, 6.45) is 2.56. The lowest BCUT2D eigenvalue weighted by atomic mass is 10.4. The molecule has 3 N–H and O–H groups in total. The lowest BCUT2D eigenvalue weighted by Gasteiger charge is -1.87. The topological polar surface area (TPSA) is 85.4 Å². The molecule has 2 rings (SSSR count). The molecular formula is C8H12N6. The molecule has 0 fully saturated rings. The van der Waals surface area contributed by atoms with Crippen LogP contribution in [0.15, 0.2) is 12.3 Å².